The molecule has 6 heteroatoms. The van der Waals surface area contributed by atoms with E-state index in [9.17, 15) is 13.2 Å². The zero-order chi connectivity index (χ0) is 18.0. The smallest absolute Gasteiger partial charge is 0.335 e. The van der Waals surface area contributed by atoms with Gasteiger partial charge in [-0.15, -0.1) is 0 Å². The van der Waals surface area contributed by atoms with Crippen LogP contribution >= 0.6 is 0 Å². The average molecular weight is 355 g/mol. The molecule has 3 rings (SSSR count). The van der Waals surface area contributed by atoms with E-state index < -0.39 is 16.0 Å². The van der Waals surface area contributed by atoms with Crippen LogP contribution < -0.4 is 4.72 Å². The van der Waals surface area contributed by atoms with Crippen LogP contribution in [0.3, 0.4) is 0 Å². The van der Waals surface area contributed by atoms with Gasteiger partial charge in [0.15, 0.2) is 0 Å². The third kappa shape index (κ3) is 3.34. The first-order valence-electron chi connectivity index (χ1n) is 7.79. The quantitative estimate of drug-likeness (QED) is 0.727. The molecule has 0 fully saturated rings. The predicted octanol–water partition coefficient (Wildman–Crippen LogP) is 3.90. The van der Waals surface area contributed by atoms with Gasteiger partial charge in [-0.1, -0.05) is 49.4 Å². The third-order valence-electron chi connectivity index (χ3n) is 4.02. The van der Waals surface area contributed by atoms with Crippen LogP contribution in [0.25, 0.3) is 10.8 Å². The highest BCUT2D eigenvalue weighted by atomic mass is 32.2. The molecule has 3 aromatic rings. The zero-order valence-corrected chi connectivity index (χ0v) is 14.4. The van der Waals surface area contributed by atoms with Crippen LogP contribution in [0.2, 0.25) is 0 Å². The van der Waals surface area contributed by atoms with Gasteiger partial charge in [0, 0.05) is 5.39 Å². The molecule has 0 heterocycles. The molecule has 0 bridgehead atoms. The second-order valence-corrected chi connectivity index (χ2v) is 7.26. The molecule has 0 aliphatic carbocycles. The van der Waals surface area contributed by atoms with Gasteiger partial charge in [-0.2, -0.15) is 0 Å². The highest BCUT2D eigenvalue weighted by Gasteiger charge is 2.21. The molecule has 0 aliphatic rings. The first-order valence-corrected chi connectivity index (χ1v) is 9.27. The van der Waals surface area contributed by atoms with Gasteiger partial charge < -0.3 is 5.11 Å². The summed E-state index contributed by atoms with van der Waals surface area (Å²) in [7, 11) is -3.92. The topological polar surface area (TPSA) is 83.5 Å². The number of rotatable bonds is 5. The van der Waals surface area contributed by atoms with Gasteiger partial charge in [0.2, 0.25) is 0 Å². The summed E-state index contributed by atoms with van der Waals surface area (Å²) in [5.74, 6) is -1.16. The van der Waals surface area contributed by atoms with Gasteiger partial charge in [0.25, 0.3) is 10.0 Å². The van der Waals surface area contributed by atoms with E-state index >= 15 is 0 Å². The molecule has 0 aromatic heterocycles. The zero-order valence-electron chi connectivity index (χ0n) is 13.6. The van der Waals surface area contributed by atoms with Crippen molar-refractivity contribution in [1.29, 1.82) is 0 Å². The van der Waals surface area contributed by atoms with Crippen molar-refractivity contribution >= 4 is 32.5 Å². The standard InChI is InChI=1S/C19H17NO4S/c1-2-13-10-11-15(19(21)22)12-18(13)25(23,24)20-17-9-5-7-14-6-3-4-8-16(14)17/h3-12,20H,2H2,1H3,(H,21,22). The molecule has 3 aromatic carbocycles. The van der Waals surface area contributed by atoms with E-state index in [0.717, 1.165) is 10.8 Å². The lowest BCUT2D eigenvalue weighted by Gasteiger charge is -2.14. The third-order valence-corrected chi connectivity index (χ3v) is 5.47. The first-order chi connectivity index (χ1) is 11.9. The number of hydrogen-bond acceptors (Lipinski definition) is 3. The van der Waals surface area contributed by atoms with Gasteiger partial charge >= 0.3 is 5.97 Å². The van der Waals surface area contributed by atoms with Crippen molar-refractivity contribution in [1.82, 2.24) is 0 Å². The SMILES string of the molecule is CCc1ccc(C(=O)O)cc1S(=O)(=O)Nc1cccc2ccccc12. The van der Waals surface area contributed by atoms with E-state index in [-0.39, 0.29) is 10.5 Å². The Balaban J connectivity index is 2.10. The fourth-order valence-electron chi connectivity index (χ4n) is 2.74. The lowest BCUT2D eigenvalue weighted by molar-refractivity contribution is 0.0696. The van der Waals surface area contributed by atoms with Crippen molar-refractivity contribution in [2.24, 2.45) is 0 Å². The Morgan fingerprint density at radius 2 is 1.76 bits per heavy atom. The van der Waals surface area contributed by atoms with Gasteiger partial charge in [-0.3, -0.25) is 4.72 Å². The second-order valence-electron chi connectivity index (χ2n) is 5.61. The van der Waals surface area contributed by atoms with Crippen molar-refractivity contribution in [3.8, 4) is 0 Å². The lowest BCUT2D eigenvalue weighted by atomic mass is 10.1. The molecular formula is C19H17NO4S. The maximum atomic E-state index is 12.9. The van der Waals surface area contributed by atoms with Crippen molar-refractivity contribution in [3.63, 3.8) is 0 Å². The molecule has 0 unspecified atom stereocenters. The van der Waals surface area contributed by atoms with Crippen molar-refractivity contribution in [2.75, 3.05) is 4.72 Å². The second kappa shape index (κ2) is 6.57. The van der Waals surface area contributed by atoms with Crippen molar-refractivity contribution in [2.45, 2.75) is 18.2 Å². The summed E-state index contributed by atoms with van der Waals surface area (Å²) in [5, 5.41) is 10.8. The summed E-state index contributed by atoms with van der Waals surface area (Å²) in [6.45, 7) is 1.83. The molecule has 128 valence electrons. The van der Waals surface area contributed by atoms with Crippen LogP contribution in [0.4, 0.5) is 5.69 Å². The number of aryl methyl sites for hydroxylation is 1. The summed E-state index contributed by atoms with van der Waals surface area (Å²) < 4.78 is 28.4. The molecule has 0 amide bonds. The lowest BCUT2D eigenvalue weighted by Crippen LogP contribution is -2.16. The summed E-state index contributed by atoms with van der Waals surface area (Å²) >= 11 is 0. The number of hydrogen-bond donors (Lipinski definition) is 2. The number of carbonyl (C=O) groups is 1. The van der Waals surface area contributed by atoms with Crippen LogP contribution in [0, 0.1) is 0 Å². The summed E-state index contributed by atoms with van der Waals surface area (Å²) in [4.78, 5) is 11.2. The average Bonchev–Trinajstić information content (AvgIpc) is 2.61. The van der Waals surface area contributed by atoms with Gasteiger partial charge in [-0.05, 0) is 35.6 Å². The number of carboxylic acid groups (broad SMARTS) is 1. The van der Waals surface area contributed by atoms with E-state index in [4.69, 9.17) is 5.11 Å². The molecule has 25 heavy (non-hydrogen) atoms. The normalized spacial score (nSPS) is 11.4. The van der Waals surface area contributed by atoms with Crippen molar-refractivity contribution < 1.29 is 18.3 Å². The fourth-order valence-corrected chi connectivity index (χ4v) is 4.16. The fraction of sp³-hybridized carbons (Fsp3) is 0.105. The number of carboxylic acids is 1. The van der Waals surface area contributed by atoms with E-state index in [2.05, 4.69) is 4.72 Å². The van der Waals surface area contributed by atoms with E-state index in [1.54, 1.807) is 18.2 Å². The van der Waals surface area contributed by atoms with Crippen molar-refractivity contribution in [3.05, 3.63) is 71.8 Å². The predicted molar refractivity (Wildman–Crippen MR) is 97.5 cm³/mol. The Hall–Kier alpha value is -2.86. The Kier molecular flexibility index (Phi) is 4.46. The summed E-state index contributed by atoms with van der Waals surface area (Å²) in [6, 6.07) is 17.0. The molecular weight excluding hydrogens is 338 g/mol. The summed E-state index contributed by atoms with van der Waals surface area (Å²) in [5.41, 5.74) is 0.967. The minimum atomic E-state index is -3.92. The molecule has 2 N–H and O–H groups in total. The Morgan fingerprint density at radius 3 is 2.48 bits per heavy atom. The first kappa shape index (κ1) is 17.0. The summed E-state index contributed by atoms with van der Waals surface area (Å²) in [6.07, 6.45) is 0.478. The largest absolute Gasteiger partial charge is 0.478 e. The Morgan fingerprint density at radius 1 is 1.04 bits per heavy atom. The maximum Gasteiger partial charge on any atom is 0.335 e. The van der Waals surface area contributed by atoms with Crippen LogP contribution in [-0.2, 0) is 16.4 Å². The van der Waals surface area contributed by atoms with Crippen LogP contribution in [0.5, 0.6) is 0 Å². The molecule has 0 saturated heterocycles. The number of anilines is 1. The van der Waals surface area contributed by atoms with Crippen LogP contribution in [-0.4, -0.2) is 19.5 Å². The molecule has 0 atom stereocenters. The Bertz CT molecular complexity index is 1050. The van der Waals surface area contributed by atoms with Crippen LogP contribution in [0.15, 0.2) is 65.6 Å². The number of fused-ring (bicyclic) bond motifs is 1. The highest BCUT2D eigenvalue weighted by Crippen LogP contribution is 2.27. The molecule has 0 aliphatic heterocycles. The highest BCUT2D eigenvalue weighted by molar-refractivity contribution is 7.92. The minimum Gasteiger partial charge on any atom is -0.478 e. The number of sulfonamides is 1. The molecule has 0 saturated carbocycles. The van der Waals surface area contributed by atoms with E-state index in [1.807, 2.05) is 37.3 Å². The van der Waals surface area contributed by atoms with E-state index in [1.165, 1.54) is 12.1 Å². The molecule has 5 nitrogen and oxygen atoms in total. The van der Waals surface area contributed by atoms with Gasteiger partial charge in [-0.25, -0.2) is 13.2 Å². The Labute approximate surface area is 146 Å². The number of aromatic carboxylic acids is 1. The molecule has 0 spiro atoms. The number of nitrogens with one attached hydrogen (secondary N) is 1. The maximum absolute atomic E-state index is 12.9. The van der Waals surface area contributed by atoms with Crippen LogP contribution in [0.1, 0.15) is 22.8 Å². The minimum absolute atomic E-state index is 0.0113. The van der Waals surface area contributed by atoms with Gasteiger partial charge in [0.05, 0.1) is 16.1 Å². The monoisotopic (exact) mass is 355 g/mol. The molecule has 0 radical (unpaired) electrons. The van der Waals surface area contributed by atoms with E-state index in [0.29, 0.717) is 17.7 Å². The van der Waals surface area contributed by atoms with Gasteiger partial charge in [0.1, 0.15) is 0 Å². The number of benzene rings is 3.